The predicted octanol–water partition coefficient (Wildman–Crippen LogP) is 6.24. The Morgan fingerprint density at radius 1 is 1.14 bits per heavy atom. The van der Waals surface area contributed by atoms with Crippen LogP contribution in [0.3, 0.4) is 0 Å². The summed E-state index contributed by atoms with van der Waals surface area (Å²) < 4.78 is 5.85. The number of benzene rings is 1. The third kappa shape index (κ3) is 3.59. The quantitative estimate of drug-likeness (QED) is 0.278. The molecule has 4 aromatic rings. The maximum atomic E-state index is 10.4. The molecule has 0 bridgehead atoms. The van der Waals surface area contributed by atoms with Crippen LogP contribution in [-0.2, 0) is 4.79 Å². The van der Waals surface area contributed by atoms with Crippen molar-refractivity contribution in [2.75, 3.05) is 6.61 Å². The minimum atomic E-state index is 0.578. The summed E-state index contributed by atoms with van der Waals surface area (Å²) in [6.07, 6.45) is 3.22. The molecule has 4 nitrogen and oxygen atoms in total. The van der Waals surface area contributed by atoms with Crippen LogP contribution in [0.5, 0.6) is 5.75 Å². The second-order valence-corrected chi connectivity index (χ2v) is 8.21. The SMILES string of the molecule is N#Cc1sccc1-c1c(-c2cccs2)[nH]c2cc(OCCCCC=O)ccc12. The molecule has 4 rings (SSSR count). The van der Waals surface area contributed by atoms with Crippen LogP contribution < -0.4 is 4.74 Å². The Hall–Kier alpha value is -2.88. The maximum Gasteiger partial charge on any atom is 0.121 e. The molecule has 0 saturated carbocycles. The van der Waals surface area contributed by atoms with Crippen LogP contribution in [-0.4, -0.2) is 17.9 Å². The van der Waals surface area contributed by atoms with Gasteiger partial charge in [-0.3, -0.25) is 0 Å². The molecule has 0 atom stereocenters. The topological polar surface area (TPSA) is 65.9 Å². The van der Waals surface area contributed by atoms with Gasteiger partial charge in [-0.1, -0.05) is 6.07 Å². The molecule has 3 aromatic heterocycles. The lowest BCUT2D eigenvalue weighted by molar-refractivity contribution is -0.107. The molecule has 0 radical (unpaired) electrons. The number of aromatic amines is 1. The lowest BCUT2D eigenvalue weighted by Gasteiger charge is -2.06. The normalized spacial score (nSPS) is 10.8. The average molecular weight is 407 g/mol. The number of carbonyl (C=O) groups excluding carboxylic acids is 1. The summed E-state index contributed by atoms with van der Waals surface area (Å²) in [6, 6.07) is 14.5. The van der Waals surface area contributed by atoms with Crippen LogP contribution >= 0.6 is 22.7 Å². The van der Waals surface area contributed by atoms with E-state index in [1.165, 1.54) is 11.3 Å². The van der Waals surface area contributed by atoms with Gasteiger partial charge in [-0.2, -0.15) is 5.26 Å². The molecule has 0 saturated heterocycles. The van der Waals surface area contributed by atoms with Crippen molar-refractivity contribution >= 4 is 39.9 Å². The molecule has 3 heterocycles. The van der Waals surface area contributed by atoms with Crippen molar-refractivity contribution in [1.82, 2.24) is 4.98 Å². The van der Waals surface area contributed by atoms with Gasteiger partial charge in [0.1, 0.15) is 23.0 Å². The first kappa shape index (κ1) is 18.5. The highest BCUT2D eigenvalue weighted by Crippen LogP contribution is 2.43. The van der Waals surface area contributed by atoms with Crippen molar-refractivity contribution in [2.45, 2.75) is 19.3 Å². The second-order valence-electron chi connectivity index (χ2n) is 6.35. The predicted molar refractivity (Wildman–Crippen MR) is 115 cm³/mol. The number of ether oxygens (including phenoxy) is 1. The fourth-order valence-electron chi connectivity index (χ4n) is 3.26. The Balaban J connectivity index is 1.73. The number of H-pyrrole nitrogens is 1. The summed E-state index contributed by atoms with van der Waals surface area (Å²) in [4.78, 5) is 15.8. The van der Waals surface area contributed by atoms with Crippen molar-refractivity contribution < 1.29 is 9.53 Å². The number of hydrogen-bond donors (Lipinski definition) is 1. The summed E-state index contributed by atoms with van der Waals surface area (Å²) in [5, 5.41) is 14.6. The monoisotopic (exact) mass is 406 g/mol. The first-order valence-electron chi connectivity index (χ1n) is 9.06. The summed E-state index contributed by atoms with van der Waals surface area (Å²) in [6.45, 7) is 0.591. The van der Waals surface area contributed by atoms with Gasteiger partial charge in [-0.25, -0.2) is 0 Å². The number of thiophene rings is 2. The number of nitrogens with one attached hydrogen (secondary N) is 1. The standard InChI is InChI=1S/C22H18N2O2S2/c23-14-20-17(8-12-28-20)21-16-7-6-15(26-10-3-1-2-9-25)13-18(16)24-22(21)19-5-4-11-27-19/h4-9,11-13,24H,1-3,10H2. The lowest BCUT2D eigenvalue weighted by Crippen LogP contribution is -1.97. The van der Waals surface area contributed by atoms with Crippen molar-refractivity contribution in [1.29, 1.82) is 5.26 Å². The van der Waals surface area contributed by atoms with Crippen LogP contribution in [0.2, 0.25) is 0 Å². The van der Waals surface area contributed by atoms with Crippen LogP contribution in [0.25, 0.3) is 32.6 Å². The van der Waals surface area contributed by atoms with Gasteiger partial charge in [0.25, 0.3) is 0 Å². The molecule has 0 amide bonds. The largest absolute Gasteiger partial charge is 0.494 e. The van der Waals surface area contributed by atoms with Crippen molar-refractivity contribution in [3.63, 3.8) is 0 Å². The number of hydrogen-bond acceptors (Lipinski definition) is 5. The zero-order valence-electron chi connectivity index (χ0n) is 15.1. The molecule has 140 valence electrons. The molecule has 1 N–H and O–H groups in total. The van der Waals surface area contributed by atoms with Crippen LogP contribution in [0.1, 0.15) is 24.1 Å². The minimum absolute atomic E-state index is 0.578. The molecule has 0 fully saturated rings. The van der Waals surface area contributed by atoms with E-state index in [0.717, 1.165) is 57.5 Å². The highest BCUT2D eigenvalue weighted by atomic mass is 32.1. The summed E-state index contributed by atoms with van der Waals surface area (Å²) in [7, 11) is 0. The van der Waals surface area contributed by atoms with Crippen LogP contribution in [0, 0.1) is 11.3 Å². The van der Waals surface area contributed by atoms with Crippen molar-refractivity contribution in [3.8, 4) is 33.5 Å². The molecule has 0 aliphatic heterocycles. The zero-order chi connectivity index (χ0) is 19.3. The van der Waals surface area contributed by atoms with Gasteiger partial charge in [0.2, 0.25) is 0 Å². The molecule has 0 spiro atoms. The Morgan fingerprint density at radius 3 is 2.86 bits per heavy atom. The molecule has 0 aliphatic carbocycles. The number of unbranched alkanes of at least 4 members (excludes halogenated alkanes) is 2. The van der Waals surface area contributed by atoms with E-state index in [2.05, 4.69) is 28.6 Å². The van der Waals surface area contributed by atoms with E-state index >= 15 is 0 Å². The fourth-order valence-corrected chi connectivity index (χ4v) is 4.69. The molecule has 0 aliphatic rings. The van der Waals surface area contributed by atoms with Crippen molar-refractivity contribution in [2.24, 2.45) is 0 Å². The zero-order valence-corrected chi connectivity index (χ0v) is 16.7. The summed E-state index contributed by atoms with van der Waals surface area (Å²) in [5.41, 5.74) is 4.04. The molecule has 28 heavy (non-hydrogen) atoms. The van der Waals surface area contributed by atoms with Gasteiger partial charge in [0, 0.05) is 29.0 Å². The third-order valence-electron chi connectivity index (χ3n) is 4.56. The molecule has 1 aromatic carbocycles. The van der Waals surface area contributed by atoms with Crippen LogP contribution in [0.15, 0.2) is 47.2 Å². The number of nitriles is 1. The third-order valence-corrected chi connectivity index (χ3v) is 6.27. The first-order valence-corrected chi connectivity index (χ1v) is 10.8. The van der Waals surface area contributed by atoms with E-state index in [1.54, 1.807) is 11.3 Å². The number of aldehydes is 1. The fraction of sp³-hybridized carbons (Fsp3) is 0.182. The number of fused-ring (bicyclic) bond motifs is 1. The Morgan fingerprint density at radius 2 is 2.07 bits per heavy atom. The van der Waals surface area contributed by atoms with Crippen molar-refractivity contribution in [3.05, 3.63) is 52.0 Å². The van der Waals surface area contributed by atoms with Gasteiger partial charge in [-0.15, -0.1) is 22.7 Å². The molecular formula is C22H18N2O2S2. The van der Waals surface area contributed by atoms with Gasteiger partial charge in [0.15, 0.2) is 0 Å². The van der Waals surface area contributed by atoms with Gasteiger partial charge >= 0.3 is 0 Å². The second kappa shape index (κ2) is 8.42. The van der Waals surface area contributed by atoms with Gasteiger partial charge in [0.05, 0.1) is 22.7 Å². The average Bonchev–Trinajstić information content (AvgIpc) is 3.45. The molecular weight excluding hydrogens is 388 g/mol. The highest BCUT2D eigenvalue weighted by molar-refractivity contribution is 7.13. The van der Waals surface area contributed by atoms with E-state index in [1.807, 2.05) is 29.6 Å². The number of aromatic nitrogens is 1. The van der Waals surface area contributed by atoms with Crippen LogP contribution in [0.4, 0.5) is 0 Å². The van der Waals surface area contributed by atoms with E-state index in [0.29, 0.717) is 17.9 Å². The van der Waals surface area contributed by atoms with E-state index in [9.17, 15) is 10.1 Å². The number of carbonyl (C=O) groups is 1. The minimum Gasteiger partial charge on any atom is -0.494 e. The Bertz CT molecular complexity index is 1130. The smallest absolute Gasteiger partial charge is 0.121 e. The summed E-state index contributed by atoms with van der Waals surface area (Å²) >= 11 is 3.13. The van der Waals surface area contributed by atoms with E-state index in [-0.39, 0.29) is 0 Å². The van der Waals surface area contributed by atoms with Gasteiger partial charge < -0.3 is 14.5 Å². The molecule has 6 heteroatoms. The summed E-state index contributed by atoms with van der Waals surface area (Å²) in [5.74, 6) is 0.801. The molecule has 0 unspecified atom stereocenters. The number of rotatable bonds is 8. The Kier molecular flexibility index (Phi) is 5.56. The number of nitrogens with zero attached hydrogens (tertiary/aromatic N) is 1. The van der Waals surface area contributed by atoms with E-state index in [4.69, 9.17) is 4.74 Å². The lowest BCUT2D eigenvalue weighted by atomic mass is 10.0. The van der Waals surface area contributed by atoms with Gasteiger partial charge in [-0.05, 0) is 47.9 Å². The maximum absolute atomic E-state index is 10.4. The first-order chi connectivity index (χ1) is 13.8. The highest BCUT2D eigenvalue weighted by Gasteiger charge is 2.19. The Labute approximate surface area is 171 Å². The van der Waals surface area contributed by atoms with E-state index < -0.39 is 0 Å².